The van der Waals surface area contributed by atoms with Crippen LogP contribution in [0.3, 0.4) is 0 Å². The fourth-order valence-corrected chi connectivity index (χ4v) is 2.99. The molecule has 1 saturated heterocycles. The monoisotopic (exact) mass is 324 g/mol. The molecule has 1 amide bonds. The molecule has 1 fully saturated rings. The highest BCUT2D eigenvalue weighted by Crippen LogP contribution is 2.18. The van der Waals surface area contributed by atoms with Gasteiger partial charge in [-0.3, -0.25) is 9.55 Å². The number of rotatable bonds is 1. The van der Waals surface area contributed by atoms with Crippen molar-refractivity contribution in [1.82, 2.24) is 29.0 Å². The van der Waals surface area contributed by atoms with Gasteiger partial charge in [-0.05, 0) is 25.0 Å². The number of hydrogen-bond donors (Lipinski definition) is 0. The Morgan fingerprint density at radius 2 is 1.88 bits per heavy atom. The van der Waals surface area contributed by atoms with E-state index in [0.29, 0.717) is 30.1 Å². The van der Waals surface area contributed by atoms with Crippen molar-refractivity contribution in [1.29, 1.82) is 0 Å². The van der Waals surface area contributed by atoms with Gasteiger partial charge in [-0.1, -0.05) is 0 Å². The van der Waals surface area contributed by atoms with E-state index in [4.69, 9.17) is 0 Å². The summed E-state index contributed by atoms with van der Waals surface area (Å²) in [6, 6.07) is 3.29. The Balaban J connectivity index is 1.86. The number of nitrogens with zero attached hydrogens (tertiary/aromatic N) is 6. The van der Waals surface area contributed by atoms with E-state index >= 15 is 0 Å². The summed E-state index contributed by atoms with van der Waals surface area (Å²) in [5.74, 6) is 0.492. The average Bonchev–Trinajstić information content (AvgIpc) is 3.24. The summed E-state index contributed by atoms with van der Waals surface area (Å²) >= 11 is 0. The first kappa shape index (κ1) is 14.6. The minimum Gasteiger partial charge on any atom is -0.324 e. The molecule has 0 radical (unpaired) electrons. The molecular weight excluding hydrogens is 308 g/mol. The van der Waals surface area contributed by atoms with Crippen molar-refractivity contribution in [2.24, 2.45) is 7.05 Å². The van der Waals surface area contributed by atoms with Gasteiger partial charge in [0.15, 0.2) is 11.5 Å². The lowest BCUT2D eigenvalue weighted by molar-refractivity contribution is 0.210. The van der Waals surface area contributed by atoms with Gasteiger partial charge in [0.05, 0.1) is 6.20 Å². The van der Waals surface area contributed by atoms with Gasteiger partial charge in [0.1, 0.15) is 5.52 Å². The summed E-state index contributed by atoms with van der Waals surface area (Å²) < 4.78 is 2.55. The Bertz CT molecular complexity index is 969. The molecule has 8 nitrogen and oxygen atoms in total. The van der Waals surface area contributed by atoms with Gasteiger partial charge >= 0.3 is 11.7 Å². The first-order valence-electron chi connectivity index (χ1n) is 7.81. The van der Waals surface area contributed by atoms with Crippen molar-refractivity contribution in [3.8, 4) is 11.4 Å². The predicted octanol–water partition coefficient (Wildman–Crippen LogP) is 1.26. The zero-order chi connectivity index (χ0) is 16.7. The molecule has 0 spiro atoms. The fourth-order valence-electron chi connectivity index (χ4n) is 2.99. The highest BCUT2D eigenvalue weighted by atomic mass is 16.2. The molecule has 1 aliphatic heterocycles. The summed E-state index contributed by atoms with van der Waals surface area (Å²) in [5, 5.41) is 0. The van der Waals surface area contributed by atoms with Gasteiger partial charge in [-0.25, -0.2) is 24.1 Å². The van der Waals surface area contributed by atoms with Crippen LogP contribution in [0.15, 0.2) is 35.5 Å². The summed E-state index contributed by atoms with van der Waals surface area (Å²) in [7, 11) is 1.61. The molecule has 0 unspecified atom stereocenters. The number of hydrogen-bond acceptors (Lipinski definition) is 5. The molecular formula is C16H16N6O2. The van der Waals surface area contributed by atoms with Crippen LogP contribution in [0.25, 0.3) is 22.6 Å². The molecule has 122 valence electrons. The zero-order valence-corrected chi connectivity index (χ0v) is 13.2. The van der Waals surface area contributed by atoms with Crippen LogP contribution in [0.2, 0.25) is 0 Å². The van der Waals surface area contributed by atoms with Crippen molar-refractivity contribution in [3.63, 3.8) is 0 Å². The van der Waals surface area contributed by atoms with E-state index in [2.05, 4.69) is 15.0 Å². The molecule has 4 rings (SSSR count). The molecule has 8 heteroatoms. The molecule has 0 N–H and O–H groups in total. The minimum absolute atomic E-state index is 0.302. The predicted molar refractivity (Wildman–Crippen MR) is 87.6 cm³/mol. The molecule has 1 aliphatic rings. The van der Waals surface area contributed by atoms with Crippen LogP contribution >= 0.6 is 0 Å². The van der Waals surface area contributed by atoms with Crippen molar-refractivity contribution >= 4 is 17.2 Å². The Kier molecular flexibility index (Phi) is 3.37. The van der Waals surface area contributed by atoms with Crippen molar-refractivity contribution in [2.45, 2.75) is 12.8 Å². The first-order valence-corrected chi connectivity index (χ1v) is 7.81. The lowest BCUT2D eigenvalue weighted by atomic mass is 10.2. The van der Waals surface area contributed by atoms with Crippen LogP contribution in [-0.2, 0) is 7.05 Å². The van der Waals surface area contributed by atoms with Gasteiger partial charge in [0.2, 0.25) is 0 Å². The van der Waals surface area contributed by atoms with Crippen LogP contribution in [0, 0.1) is 0 Å². The summed E-state index contributed by atoms with van der Waals surface area (Å²) in [4.78, 5) is 39.6. The Morgan fingerprint density at radius 1 is 1.17 bits per heavy atom. The van der Waals surface area contributed by atoms with Gasteiger partial charge in [-0.15, -0.1) is 0 Å². The van der Waals surface area contributed by atoms with Crippen molar-refractivity contribution in [3.05, 3.63) is 41.2 Å². The minimum atomic E-state index is -0.400. The average molecular weight is 324 g/mol. The second-order valence-corrected chi connectivity index (χ2v) is 5.79. The smallest absolute Gasteiger partial charge is 0.324 e. The highest BCUT2D eigenvalue weighted by Gasteiger charge is 2.25. The fraction of sp³-hybridized carbons (Fsp3) is 0.312. The van der Waals surface area contributed by atoms with E-state index < -0.39 is 5.69 Å². The van der Waals surface area contributed by atoms with E-state index in [0.717, 1.165) is 23.0 Å². The largest absolute Gasteiger partial charge is 0.338 e. The third-order valence-electron chi connectivity index (χ3n) is 4.29. The van der Waals surface area contributed by atoms with E-state index in [-0.39, 0.29) is 6.03 Å². The molecule has 4 heterocycles. The maximum absolute atomic E-state index is 12.7. The zero-order valence-electron chi connectivity index (χ0n) is 13.2. The van der Waals surface area contributed by atoms with Gasteiger partial charge in [0, 0.05) is 38.1 Å². The molecule has 0 saturated carbocycles. The van der Waals surface area contributed by atoms with Crippen LogP contribution in [0.1, 0.15) is 12.8 Å². The second-order valence-electron chi connectivity index (χ2n) is 5.79. The van der Waals surface area contributed by atoms with Crippen LogP contribution in [0.4, 0.5) is 4.79 Å². The molecule has 24 heavy (non-hydrogen) atoms. The lowest BCUT2D eigenvalue weighted by Crippen LogP contribution is -2.38. The van der Waals surface area contributed by atoms with E-state index in [1.807, 2.05) is 0 Å². The van der Waals surface area contributed by atoms with Gasteiger partial charge in [0.25, 0.3) is 0 Å². The number of aromatic nitrogens is 5. The Hall–Kier alpha value is -3.03. The van der Waals surface area contributed by atoms with Gasteiger partial charge in [-0.2, -0.15) is 0 Å². The third-order valence-corrected chi connectivity index (χ3v) is 4.29. The van der Waals surface area contributed by atoms with Crippen LogP contribution < -0.4 is 5.69 Å². The molecule has 0 aliphatic carbocycles. The number of carbonyl (C=O) groups is 1. The quantitative estimate of drug-likeness (QED) is 0.672. The number of imidazole rings is 1. The molecule has 3 aromatic rings. The van der Waals surface area contributed by atoms with Crippen molar-refractivity contribution in [2.75, 3.05) is 13.1 Å². The molecule has 0 bridgehead atoms. The van der Waals surface area contributed by atoms with Crippen LogP contribution in [0.5, 0.6) is 0 Å². The molecule has 0 atom stereocenters. The number of fused-ring (bicyclic) bond motifs is 1. The number of pyridine rings is 1. The standard InChI is InChI=1S/C16H16N6O2/c1-20-14-12(10-18-13(19-14)11-4-6-17-7-5-11)22(15(20)23)16(24)21-8-2-3-9-21/h4-7,10H,2-3,8-9H2,1H3. The maximum atomic E-state index is 12.7. The number of aryl methyl sites for hydroxylation is 1. The number of amides is 1. The first-order chi connectivity index (χ1) is 11.7. The van der Waals surface area contributed by atoms with Crippen molar-refractivity contribution < 1.29 is 4.79 Å². The summed E-state index contributed by atoms with van der Waals surface area (Å²) in [5.41, 5.74) is 1.27. The topological polar surface area (TPSA) is 85.9 Å². The summed E-state index contributed by atoms with van der Waals surface area (Å²) in [6.07, 6.45) is 6.78. The maximum Gasteiger partial charge on any atom is 0.338 e. The van der Waals surface area contributed by atoms with E-state index in [1.165, 1.54) is 10.8 Å². The SMILES string of the molecule is Cn1c(=O)n(C(=O)N2CCCC2)c2cnc(-c3ccncc3)nc21. The third kappa shape index (κ3) is 2.18. The van der Waals surface area contributed by atoms with E-state index in [1.54, 1.807) is 36.5 Å². The summed E-state index contributed by atoms with van der Waals surface area (Å²) in [6.45, 7) is 1.36. The second kappa shape index (κ2) is 5.55. The number of likely N-dealkylation sites (tertiary alicyclic amines) is 1. The molecule has 3 aromatic heterocycles. The lowest BCUT2D eigenvalue weighted by Gasteiger charge is -2.14. The van der Waals surface area contributed by atoms with Gasteiger partial charge < -0.3 is 4.90 Å². The van der Waals surface area contributed by atoms with E-state index in [9.17, 15) is 9.59 Å². The normalized spacial score (nSPS) is 14.5. The Labute approximate surface area is 137 Å². The Morgan fingerprint density at radius 3 is 2.58 bits per heavy atom. The van der Waals surface area contributed by atoms with Crippen LogP contribution in [-0.4, -0.2) is 48.1 Å². The highest BCUT2D eigenvalue weighted by molar-refractivity contribution is 5.88. The molecule has 0 aromatic carbocycles. The number of carbonyl (C=O) groups excluding carboxylic acids is 1.